The molecule has 1 aromatic heterocycles. The molecule has 2 heterocycles. The Morgan fingerprint density at radius 1 is 1.39 bits per heavy atom. The molecule has 1 aromatic carbocycles. The van der Waals surface area contributed by atoms with Gasteiger partial charge in [0.05, 0.1) is 42.7 Å². The smallest absolute Gasteiger partial charge is 0.384 e. The zero-order valence-corrected chi connectivity index (χ0v) is 15.2. The lowest BCUT2D eigenvalue weighted by Gasteiger charge is -2.20. The Bertz CT molecular complexity index is 844. The normalized spacial score (nSPS) is 14.1. The Hall–Kier alpha value is -2.88. The average molecular weight is 395 g/mol. The fourth-order valence-electron chi connectivity index (χ4n) is 2.79. The molecule has 1 aliphatic heterocycles. The molecule has 0 bridgehead atoms. The molecule has 0 spiro atoms. The number of aromatic nitrogens is 2. The molecule has 0 saturated heterocycles. The number of carbonyl (C=O) groups is 1. The number of anilines is 3. The molecule has 0 fully saturated rings. The summed E-state index contributed by atoms with van der Waals surface area (Å²) >= 11 is 0. The predicted octanol–water partition coefficient (Wildman–Crippen LogP) is 3.03. The molecule has 0 atom stereocenters. The number of fused-ring (bicyclic) bond motifs is 1. The first-order valence-corrected chi connectivity index (χ1v) is 8.67. The Kier molecular flexibility index (Phi) is 5.98. The quantitative estimate of drug-likeness (QED) is 0.810. The zero-order valence-electron chi connectivity index (χ0n) is 15.2. The summed E-state index contributed by atoms with van der Waals surface area (Å²) in [5, 5.41) is 5.95. The fraction of sp³-hybridized carbons (Fsp3) is 0.389. The number of rotatable bonds is 5. The van der Waals surface area contributed by atoms with E-state index in [4.69, 9.17) is 4.74 Å². The number of halogens is 3. The first kappa shape index (κ1) is 19.9. The van der Waals surface area contributed by atoms with Crippen LogP contribution in [0.25, 0.3) is 0 Å². The van der Waals surface area contributed by atoms with Crippen molar-refractivity contribution in [3.05, 3.63) is 41.7 Å². The number of hydrogen-bond donors (Lipinski definition) is 2. The second-order valence-corrected chi connectivity index (χ2v) is 6.24. The van der Waals surface area contributed by atoms with E-state index >= 15 is 0 Å². The molecule has 7 nitrogen and oxygen atoms in total. The van der Waals surface area contributed by atoms with Gasteiger partial charge in [0.15, 0.2) is 0 Å². The van der Waals surface area contributed by atoms with Crippen LogP contribution in [-0.4, -0.2) is 47.6 Å². The molecule has 0 radical (unpaired) electrons. The summed E-state index contributed by atoms with van der Waals surface area (Å²) in [7, 11) is 1.53. The van der Waals surface area contributed by atoms with Crippen molar-refractivity contribution in [2.75, 3.05) is 37.4 Å². The van der Waals surface area contributed by atoms with Gasteiger partial charge in [-0.15, -0.1) is 0 Å². The lowest BCUT2D eigenvalue weighted by molar-refractivity contribution is -0.137. The minimum atomic E-state index is -4.43. The first-order chi connectivity index (χ1) is 13.4. The molecule has 0 aliphatic carbocycles. The second kappa shape index (κ2) is 8.42. The van der Waals surface area contributed by atoms with E-state index in [-0.39, 0.29) is 30.5 Å². The second-order valence-electron chi connectivity index (χ2n) is 6.24. The predicted molar refractivity (Wildman–Crippen MR) is 97.2 cm³/mol. The summed E-state index contributed by atoms with van der Waals surface area (Å²) in [5.41, 5.74) is 0.748. The summed E-state index contributed by atoms with van der Waals surface area (Å²) in [6, 6.07) is 4.81. The number of alkyl halides is 3. The van der Waals surface area contributed by atoms with Crippen molar-refractivity contribution in [1.82, 2.24) is 14.9 Å². The van der Waals surface area contributed by atoms with Gasteiger partial charge >= 0.3 is 6.18 Å². The molecule has 1 amide bonds. The van der Waals surface area contributed by atoms with Crippen molar-refractivity contribution in [2.24, 2.45) is 0 Å². The maximum atomic E-state index is 12.9. The average Bonchev–Trinajstić information content (AvgIpc) is 2.87. The van der Waals surface area contributed by atoms with E-state index < -0.39 is 11.7 Å². The molecule has 150 valence electrons. The number of ether oxygens (including phenoxy) is 1. The van der Waals surface area contributed by atoms with Crippen molar-refractivity contribution >= 4 is 23.2 Å². The van der Waals surface area contributed by atoms with Crippen molar-refractivity contribution in [1.29, 1.82) is 0 Å². The van der Waals surface area contributed by atoms with E-state index in [0.717, 1.165) is 12.1 Å². The molecule has 2 aromatic rings. The van der Waals surface area contributed by atoms with Crippen LogP contribution in [0.15, 0.2) is 30.5 Å². The standard InChI is InChI=1S/C18H20F3N5O2/c1-28-8-5-16(27)26-7-6-22-14-10-23-17(25-15(14)11-26)24-13-4-2-3-12(9-13)18(19,20)21/h2-4,9-10,22H,5-8,11H2,1H3,(H,23,24,25). The topological polar surface area (TPSA) is 79.4 Å². The van der Waals surface area contributed by atoms with Crippen LogP contribution in [0.2, 0.25) is 0 Å². The minimum Gasteiger partial charge on any atom is -0.384 e. The van der Waals surface area contributed by atoms with Crippen LogP contribution in [0.4, 0.5) is 30.5 Å². The van der Waals surface area contributed by atoms with Gasteiger partial charge in [-0.05, 0) is 18.2 Å². The Morgan fingerprint density at radius 2 is 2.21 bits per heavy atom. The molecular formula is C18H20F3N5O2. The third kappa shape index (κ3) is 4.89. The Morgan fingerprint density at radius 3 is 2.96 bits per heavy atom. The number of nitrogens with zero attached hydrogens (tertiary/aromatic N) is 3. The van der Waals surface area contributed by atoms with Crippen LogP contribution in [-0.2, 0) is 22.3 Å². The molecule has 0 saturated carbocycles. The van der Waals surface area contributed by atoms with Gasteiger partial charge in [-0.25, -0.2) is 9.97 Å². The Labute approximate surface area is 159 Å². The number of amides is 1. The number of carbonyl (C=O) groups excluding carboxylic acids is 1. The molecule has 10 heteroatoms. The van der Waals surface area contributed by atoms with Crippen molar-refractivity contribution in [3.63, 3.8) is 0 Å². The zero-order chi connectivity index (χ0) is 20.1. The van der Waals surface area contributed by atoms with Gasteiger partial charge in [-0.2, -0.15) is 13.2 Å². The van der Waals surface area contributed by atoms with Crippen LogP contribution < -0.4 is 10.6 Å². The lowest BCUT2D eigenvalue weighted by Crippen LogP contribution is -2.33. The monoisotopic (exact) mass is 395 g/mol. The van der Waals surface area contributed by atoms with E-state index in [2.05, 4.69) is 20.6 Å². The number of benzene rings is 1. The summed E-state index contributed by atoms with van der Waals surface area (Å²) in [5.74, 6) is 0.105. The highest BCUT2D eigenvalue weighted by atomic mass is 19.4. The minimum absolute atomic E-state index is 0.0532. The van der Waals surface area contributed by atoms with Gasteiger partial charge < -0.3 is 20.3 Å². The molecular weight excluding hydrogens is 375 g/mol. The van der Waals surface area contributed by atoms with E-state index in [1.807, 2.05) is 0 Å². The summed E-state index contributed by atoms with van der Waals surface area (Å²) in [6.45, 7) is 1.68. The van der Waals surface area contributed by atoms with Gasteiger partial charge in [0.25, 0.3) is 0 Å². The van der Waals surface area contributed by atoms with Crippen LogP contribution in [0.5, 0.6) is 0 Å². The molecule has 2 N–H and O–H groups in total. The SMILES string of the molecule is COCCC(=O)N1CCNc2cnc(Nc3cccc(C(F)(F)F)c3)nc2C1. The number of nitrogens with one attached hydrogen (secondary N) is 2. The fourth-order valence-corrected chi connectivity index (χ4v) is 2.79. The van der Waals surface area contributed by atoms with Gasteiger partial charge in [0.1, 0.15) is 0 Å². The highest BCUT2D eigenvalue weighted by molar-refractivity contribution is 5.76. The van der Waals surface area contributed by atoms with Crippen molar-refractivity contribution in [3.8, 4) is 0 Å². The van der Waals surface area contributed by atoms with E-state index in [1.54, 1.807) is 11.1 Å². The van der Waals surface area contributed by atoms with Crippen molar-refractivity contribution in [2.45, 2.75) is 19.1 Å². The Balaban J connectivity index is 1.77. The van der Waals surface area contributed by atoms with Gasteiger partial charge in [0, 0.05) is 25.9 Å². The van der Waals surface area contributed by atoms with Crippen LogP contribution in [0.3, 0.4) is 0 Å². The molecule has 3 rings (SSSR count). The summed E-state index contributed by atoms with van der Waals surface area (Å²) < 4.78 is 43.6. The van der Waals surface area contributed by atoms with Gasteiger partial charge in [0.2, 0.25) is 11.9 Å². The third-order valence-electron chi connectivity index (χ3n) is 4.22. The summed E-state index contributed by atoms with van der Waals surface area (Å²) in [4.78, 5) is 22.5. The molecule has 0 unspecified atom stereocenters. The maximum Gasteiger partial charge on any atom is 0.416 e. The molecule has 28 heavy (non-hydrogen) atoms. The maximum absolute atomic E-state index is 12.9. The number of hydrogen-bond acceptors (Lipinski definition) is 6. The van der Waals surface area contributed by atoms with Crippen LogP contribution >= 0.6 is 0 Å². The van der Waals surface area contributed by atoms with E-state index in [0.29, 0.717) is 31.1 Å². The van der Waals surface area contributed by atoms with Crippen molar-refractivity contribution < 1.29 is 22.7 Å². The van der Waals surface area contributed by atoms with E-state index in [1.165, 1.54) is 19.2 Å². The number of methoxy groups -OCH3 is 1. The van der Waals surface area contributed by atoms with E-state index in [9.17, 15) is 18.0 Å². The third-order valence-corrected chi connectivity index (χ3v) is 4.22. The van der Waals surface area contributed by atoms with Gasteiger partial charge in [-0.1, -0.05) is 6.07 Å². The highest BCUT2D eigenvalue weighted by Gasteiger charge is 2.30. The summed E-state index contributed by atoms with van der Waals surface area (Å²) in [6.07, 6.45) is -2.60. The van der Waals surface area contributed by atoms with Crippen LogP contribution in [0.1, 0.15) is 17.7 Å². The first-order valence-electron chi connectivity index (χ1n) is 8.67. The van der Waals surface area contributed by atoms with Crippen LogP contribution in [0, 0.1) is 0 Å². The largest absolute Gasteiger partial charge is 0.416 e. The molecule has 1 aliphatic rings. The van der Waals surface area contributed by atoms with Gasteiger partial charge in [-0.3, -0.25) is 4.79 Å². The lowest BCUT2D eigenvalue weighted by atomic mass is 10.2. The highest BCUT2D eigenvalue weighted by Crippen LogP contribution is 2.31.